The standard InChI is InChI=1S/C15H25NO/c1-11(10-16-5)8-9-17-15-13(3)7-6-12(2)14(15)4/h6-7,11,16H,8-10H2,1-5H3. The van der Waals surface area contributed by atoms with Crippen molar-refractivity contribution in [2.45, 2.75) is 34.1 Å². The van der Waals surface area contributed by atoms with Crippen LogP contribution in [0.1, 0.15) is 30.0 Å². The Hall–Kier alpha value is -1.02. The zero-order valence-corrected chi connectivity index (χ0v) is 11.8. The Morgan fingerprint density at radius 3 is 2.47 bits per heavy atom. The predicted octanol–water partition coefficient (Wildman–Crippen LogP) is 3.24. The van der Waals surface area contributed by atoms with E-state index in [4.69, 9.17) is 4.74 Å². The first-order valence-electron chi connectivity index (χ1n) is 6.40. The van der Waals surface area contributed by atoms with Crippen molar-refractivity contribution in [1.29, 1.82) is 0 Å². The van der Waals surface area contributed by atoms with Gasteiger partial charge in [-0.15, -0.1) is 0 Å². The molecule has 0 radical (unpaired) electrons. The lowest BCUT2D eigenvalue weighted by Crippen LogP contribution is -2.18. The summed E-state index contributed by atoms with van der Waals surface area (Å²) in [7, 11) is 1.99. The molecule has 0 amide bonds. The highest BCUT2D eigenvalue weighted by Crippen LogP contribution is 2.25. The molecular weight excluding hydrogens is 210 g/mol. The molecule has 2 nitrogen and oxygen atoms in total. The fourth-order valence-corrected chi connectivity index (χ4v) is 1.96. The van der Waals surface area contributed by atoms with Gasteiger partial charge >= 0.3 is 0 Å². The maximum absolute atomic E-state index is 5.94. The number of hydrogen-bond donors (Lipinski definition) is 1. The monoisotopic (exact) mass is 235 g/mol. The van der Waals surface area contributed by atoms with E-state index < -0.39 is 0 Å². The van der Waals surface area contributed by atoms with Gasteiger partial charge in [-0.2, -0.15) is 0 Å². The van der Waals surface area contributed by atoms with Crippen LogP contribution in [0.5, 0.6) is 5.75 Å². The topological polar surface area (TPSA) is 21.3 Å². The molecule has 0 aliphatic heterocycles. The van der Waals surface area contributed by atoms with Crippen LogP contribution in [0.4, 0.5) is 0 Å². The highest BCUT2D eigenvalue weighted by molar-refractivity contribution is 5.44. The normalized spacial score (nSPS) is 12.5. The second-order valence-corrected chi connectivity index (χ2v) is 4.95. The van der Waals surface area contributed by atoms with Crippen LogP contribution >= 0.6 is 0 Å². The van der Waals surface area contributed by atoms with Crippen molar-refractivity contribution >= 4 is 0 Å². The number of aryl methyl sites for hydroxylation is 2. The molecule has 0 aliphatic carbocycles. The van der Waals surface area contributed by atoms with E-state index >= 15 is 0 Å². The molecule has 0 bridgehead atoms. The molecule has 1 unspecified atom stereocenters. The molecule has 2 heteroatoms. The van der Waals surface area contributed by atoms with Gasteiger partial charge in [0.15, 0.2) is 0 Å². The van der Waals surface area contributed by atoms with Gasteiger partial charge in [-0.3, -0.25) is 0 Å². The molecule has 0 fully saturated rings. The summed E-state index contributed by atoms with van der Waals surface area (Å²) in [5.74, 6) is 1.73. The largest absolute Gasteiger partial charge is 0.493 e. The van der Waals surface area contributed by atoms with Crippen LogP contribution in [0.15, 0.2) is 12.1 Å². The van der Waals surface area contributed by atoms with Gasteiger partial charge in [0.25, 0.3) is 0 Å². The zero-order valence-electron chi connectivity index (χ0n) is 11.8. The van der Waals surface area contributed by atoms with Crippen LogP contribution in [0.25, 0.3) is 0 Å². The number of ether oxygens (including phenoxy) is 1. The molecule has 0 heterocycles. The molecule has 0 aromatic heterocycles. The first kappa shape index (κ1) is 14.0. The minimum atomic E-state index is 0.658. The van der Waals surface area contributed by atoms with E-state index in [2.05, 4.69) is 45.1 Å². The molecule has 96 valence electrons. The Morgan fingerprint density at radius 1 is 1.18 bits per heavy atom. The molecule has 1 aromatic carbocycles. The summed E-state index contributed by atoms with van der Waals surface area (Å²) >= 11 is 0. The first-order valence-corrected chi connectivity index (χ1v) is 6.40. The van der Waals surface area contributed by atoms with Crippen molar-refractivity contribution < 1.29 is 4.74 Å². The van der Waals surface area contributed by atoms with Crippen molar-refractivity contribution in [3.8, 4) is 5.75 Å². The van der Waals surface area contributed by atoms with Crippen LogP contribution in [0.2, 0.25) is 0 Å². The van der Waals surface area contributed by atoms with Crippen LogP contribution in [0.3, 0.4) is 0 Å². The van der Waals surface area contributed by atoms with Gasteiger partial charge < -0.3 is 10.1 Å². The lowest BCUT2D eigenvalue weighted by Gasteiger charge is -2.16. The van der Waals surface area contributed by atoms with Crippen molar-refractivity contribution in [1.82, 2.24) is 5.32 Å². The van der Waals surface area contributed by atoms with Gasteiger partial charge in [0.1, 0.15) is 5.75 Å². The molecule has 1 N–H and O–H groups in total. The minimum Gasteiger partial charge on any atom is -0.493 e. The molecule has 0 saturated carbocycles. The molecule has 1 aromatic rings. The van der Waals surface area contributed by atoms with Crippen molar-refractivity contribution in [3.63, 3.8) is 0 Å². The van der Waals surface area contributed by atoms with Crippen molar-refractivity contribution in [3.05, 3.63) is 28.8 Å². The van der Waals surface area contributed by atoms with Gasteiger partial charge in [-0.05, 0) is 63.4 Å². The average Bonchev–Trinajstić information content (AvgIpc) is 2.29. The summed E-state index contributed by atoms with van der Waals surface area (Å²) in [6.07, 6.45) is 1.09. The fourth-order valence-electron chi connectivity index (χ4n) is 1.96. The number of rotatable bonds is 6. The van der Waals surface area contributed by atoms with Gasteiger partial charge in [-0.1, -0.05) is 19.1 Å². The zero-order chi connectivity index (χ0) is 12.8. The Balaban J connectivity index is 2.55. The summed E-state index contributed by atoms with van der Waals surface area (Å²) < 4.78 is 5.94. The lowest BCUT2D eigenvalue weighted by atomic mass is 10.1. The summed E-state index contributed by atoms with van der Waals surface area (Å²) in [6.45, 7) is 10.5. The summed E-state index contributed by atoms with van der Waals surface area (Å²) in [6, 6.07) is 4.29. The van der Waals surface area contributed by atoms with E-state index in [9.17, 15) is 0 Å². The van der Waals surface area contributed by atoms with Gasteiger partial charge in [-0.25, -0.2) is 0 Å². The second-order valence-electron chi connectivity index (χ2n) is 4.95. The lowest BCUT2D eigenvalue weighted by molar-refractivity contribution is 0.279. The van der Waals surface area contributed by atoms with Gasteiger partial charge in [0, 0.05) is 0 Å². The Labute approximate surface area is 105 Å². The maximum atomic E-state index is 5.94. The average molecular weight is 235 g/mol. The third kappa shape index (κ3) is 4.04. The first-order chi connectivity index (χ1) is 8.06. The molecule has 1 rings (SSSR count). The van der Waals surface area contributed by atoms with E-state index in [0.717, 1.165) is 25.3 Å². The summed E-state index contributed by atoms with van der Waals surface area (Å²) in [4.78, 5) is 0. The third-order valence-electron chi connectivity index (χ3n) is 3.28. The smallest absolute Gasteiger partial charge is 0.125 e. The Bertz CT molecular complexity index is 360. The summed E-state index contributed by atoms with van der Waals surface area (Å²) in [5, 5.41) is 3.19. The number of hydrogen-bond acceptors (Lipinski definition) is 2. The maximum Gasteiger partial charge on any atom is 0.125 e. The van der Waals surface area contributed by atoms with E-state index in [1.54, 1.807) is 0 Å². The third-order valence-corrected chi connectivity index (χ3v) is 3.28. The van der Waals surface area contributed by atoms with E-state index in [0.29, 0.717) is 5.92 Å². The van der Waals surface area contributed by atoms with E-state index in [1.807, 2.05) is 7.05 Å². The van der Waals surface area contributed by atoms with E-state index in [1.165, 1.54) is 16.7 Å². The molecular formula is C15H25NO. The van der Waals surface area contributed by atoms with Crippen LogP contribution in [0, 0.1) is 26.7 Å². The Morgan fingerprint density at radius 2 is 1.82 bits per heavy atom. The fraction of sp³-hybridized carbons (Fsp3) is 0.600. The molecule has 17 heavy (non-hydrogen) atoms. The molecule has 0 saturated heterocycles. The van der Waals surface area contributed by atoms with Gasteiger partial charge in [0.05, 0.1) is 6.61 Å². The highest BCUT2D eigenvalue weighted by Gasteiger charge is 2.07. The molecule has 1 atom stereocenters. The summed E-state index contributed by atoms with van der Waals surface area (Å²) in [5.41, 5.74) is 3.80. The SMILES string of the molecule is CNCC(C)CCOc1c(C)ccc(C)c1C. The quantitative estimate of drug-likeness (QED) is 0.817. The number of nitrogens with one attached hydrogen (secondary N) is 1. The van der Waals surface area contributed by atoms with E-state index in [-0.39, 0.29) is 0 Å². The minimum absolute atomic E-state index is 0.658. The Kier molecular flexibility index (Phi) is 5.49. The van der Waals surface area contributed by atoms with Crippen LogP contribution in [-0.2, 0) is 0 Å². The number of benzene rings is 1. The van der Waals surface area contributed by atoms with Crippen molar-refractivity contribution in [2.75, 3.05) is 20.2 Å². The van der Waals surface area contributed by atoms with Crippen molar-refractivity contribution in [2.24, 2.45) is 5.92 Å². The highest BCUT2D eigenvalue weighted by atomic mass is 16.5. The molecule has 0 aliphatic rings. The second kappa shape index (κ2) is 6.65. The molecule has 0 spiro atoms. The van der Waals surface area contributed by atoms with Crippen LogP contribution < -0.4 is 10.1 Å². The van der Waals surface area contributed by atoms with Gasteiger partial charge in [0.2, 0.25) is 0 Å². The van der Waals surface area contributed by atoms with Crippen LogP contribution in [-0.4, -0.2) is 20.2 Å². The predicted molar refractivity (Wildman–Crippen MR) is 73.9 cm³/mol.